The molecule has 1 aromatic rings. The third-order valence-electron chi connectivity index (χ3n) is 6.21. The van der Waals surface area contributed by atoms with Gasteiger partial charge in [-0.1, -0.05) is 12.5 Å². The molecule has 2 aliphatic heterocycles. The van der Waals surface area contributed by atoms with Crippen LogP contribution in [0.15, 0.2) is 29.2 Å². The maximum atomic E-state index is 12.9. The number of benzene rings is 1. The molecule has 1 N–H and O–H groups in total. The van der Waals surface area contributed by atoms with E-state index in [-0.39, 0.29) is 16.8 Å². The normalized spacial score (nSPS) is 21.2. The van der Waals surface area contributed by atoms with Crippen molar-refractivity contribution < 1.29 is 13.2 Å². The average molecular weight is 423 g/mol. The molecule has 7 nitrogen and oxygen atoms in total. The largest absolute Gasteiger partial charge is 0.325 e. The second kappa shape index (κ2) is 9.55. The molecule has 2 heterocycles. The zero-order valence-corrected chi connectivity index (χ0v) is 18.6. The fraction of sp³-hybridized carbons (Fsp3) is 0.667. The minimum atomic E-state index is -3.51. The predicted octanol–water partition coefficient (Wildman–Crippen LogP) is 2.21. The van der Waals surface area contributed by atoms with Crippen LogP contribution in [-0.4, -0.2) is 80.8 Å². The molecule has 0 aliphatic carbocycles. The van der Waals surface area contributed by atoms with Gasteiger partial charge in [0.05, 0.1) is 10.9 Å². The monoisotopic (exact) mass is 422 g/mol. The second-order valence-electron chi connectivity index (χ2n) is 8.39. The molecule has 1 atom stereocenters. The Labute approximate surface area is 175 Å². The molecular weight excluding hydrogens is 388 g/mol. The van der Waals surface area contributed by atoms with Gasteiger partial charge in [-0.25, -0.2) is 8.42 Å². The summed E-state index contributed by atoms with van der Waals surface area (Å²) in [6, 6.07) is 6.94. The van der Waals surface area contributed by atoms with Gasteiger partial charge in [-0.2, -0.15) is 4.31 Å². The van der Waals surface area contributed by atoms with E-state index in [4.69, 9.17) is 0 Å². The molecule has 3 rings (SSSR count). The van der Waals surface area contributed by atoms with Gasteiger partial charge in [0.2, 0.25) is 15.9 Å². The summed E-state index contributed by atoms with van der Waals surface area (Å²) >= 11 is 0. The number of piperidine rings is 2. The minimum absolute atomic E-state index is 0.0965. The molecule has 0 radical (unpaired) electrons. The van der Waals surface area contributed by atoms with E-state index in [1.54, 1.807) is 28.6 Å². The van der Waals surface area contributed by atoms with Crippen LogP contribution in [0.3, 0.4) is 0 Å². The Hall–Kier alpha value is -1.48. The summed E-state index contributed by atoms with van der Waals surface area (Å²) in [7, 11) is 0.689. The summed E-state index contributed by atoms with van der Waals surface area (Å²) in [6.07, 6.45) is 4.98. The summed E-state index contributed by atoms with van der Waals surface area (Å²) < 4.78 is 27.3. The number of likely N-dealkylation sites (tertiary alicyclic amines) is 1. The van der Waals surface area contributed by atoms with E-state index < -0.39 is 10.0 Å². The fourth-order valence-corrected chi connectivity index (χ4v) is 5.75. The molecule has 29 heavy (non-hydrogen) atoms. The van der Waals surface area contributed by atoms with E-state index >= 15 is 0 Å². The van der Waals surface area contributed by atoms with E-state index in [1.807, 2.05) is 6.92 Å². The smallest absolute Gasteiger partial charge is 0.243 e. The number of hydrogen-bond acceptors (Lipinski definition) is 5. The molecule has 2 fully saturated rings. The van der Waals surface area contributed by atoms with Crippen molar-refractivity contribution in [2.75, 3.05) is 45.6 Å². The van der Waals surface area contributed by atoms with Gasteiger partial charge >= 0.3 is 0 Å². The molecule has 1 amide bonds. The number of anilines is 1. The molecule has 2 saturated heterocycles. The first-order valence-corrected chi connectivity index (χ1v) is 12.0. The topological polar surface area (TPSA) is 73.0 Å². The lowest BCUT2D eigenvalue weighted by Gasteiger charge is -2.37. The van der Waals surface area contributed by atoms with Gasteiger partial charge in [-0.15, -0.1) is 0 Å². The maximum Gasteiger partial charge on any atom is 0.243 e. The van der Waals surface area contributed by atoms with Crippen molar-refractivity contribution in [3.8, 4) is 0 Å². The lowest BCUT2D eigenvalue weighted by atomic mass is 10.0. The van der Waals surface area contributed by atoms with Crippen molar-refractivity contribution >= 4 is 21.6 Å². The summed E-state index contributed by atoms with van der Waals surface area (Å²) in [5.41, 5.74) is 0.531. The zero-order valence-electron chi connectivity index (χ0n) is 17.8. The van der Waals surface area contributed by atoms with Crippen molar-refractivity contribution in [2.45, 2.75) is 56.0 Å². The Kier molecular flexibility index (Phi) is 7.32. The van der Waals surface area contributed by atoms with E-state index in [0.717, 1.165) is 45.2 Å². The molecule has 0 bridgehead atoms. The molecule has 1 unspecified atom stereocenters. The number of carbonyl (C=O) groups excluding carboxylic acids is 1. The average Bonchev–Trinajstić information content (AvgIpc) is 2.74. The minimum Gasteiger partial charge on any atom is -0.325 e. The first kappa shape index (κ1) is 22.2. The predicted molar refractivity (Wildman–Crippen MR) is 115 cm³/mol. The van der Waals surface area contributed by atoms with E-state index in [1.165, 1.54) is 0 Å². The maximum absolute atomic E-state index is 12.9. The van der Waals surface area contributed by atoms with Gasteiger partial charge in [0.25, 0.3) is 0 Å². The number of nitrogens with zero attached hydrogens (tertiary/aromatic N) is 3. The van der Waals surface area contributed by atoms with E-state index in [0.29, 0.717) is 24.8 Å². The van der Waals surface area contributed by atoms with E-state index in [2.05, 4.69) is 29.2 Å². The van der Waals surface area contributed by atoms with Crippen molar-refractivity contribution in [1.29, 1.82) is 0 Å². The van der Waals surface area contributed by atoms with E-state index in [9.17, 15) is 13.2 Å². The van der Waals surface area contributed by atoms with Crippen LogP contribution in [-0.2, 0) is 14.8 Å². The second-order valence-corrected chi connectivity index (χ2v) is 10.3. The summed E-state index contributed by atoms with van der Waals surface area (Å²) in [4.78, 5) is 17.5. The molecule has 0 saturated carbocycles. The van der Waals surface area contributed by atoms with Crippen molar-refractivity contribution in [1.82, 2.24) is 14.1 Å². The fourth-order valence-electron chi connectivity index (χ4n) is 4.19. The lowest BCUT2D eigenvalue weighted by molar-refractivity contribution is -0.121. The Morgan fingerprint density at radius 1 is 1.10 bits per heavy atom. The Morgan fingerprint density at radius 2 is 1.76 bits per heavy atom. The molecular formula is C21H34N4O3S. The third kappa shape index (κ3) is 5.36. The number of hydrogen-bond donors (Lipinski definition) is 1. The summed E-state index contributed by atoms with van der Waals surface area (Å²) in [5, 5.41) is 2.91. The highest BCUT2D eigenvalue weighted by molar-refractivity contribution is 7.89. The highest BCUT2D eigenvalue weighted by atomic mass is 32.2. The SMILES string of the molecule is CC(C(=O)Nc1cccc(S(=O)(=O)N2CCCCC2)c1)N1CCC(N(C)C)CC1. The van der Waals surface area contributed by atoms with Crippen LogP contribution in [0.2, 0.25) is 0 Å². The standard InChI is InChI=1S/C21H34N4O3S/c1-17(24-14-10-19(11-15-24)23(2)3)21(26)22-18-8-7-9-20(16-18)29(27,28)25-12-5-4-6-13-25/h7-9,16-17,19H,4-6,10-15H2,1-3H3,(H,22,26). The summed E-state index contributed by atoms with van der Waals surface area (Å²) in [6.45, 7) is 4.83. The van der Waals surface area contributed by atoms with Gasteiger partial charge in [0.1, 0.15) is 0 Å². The number of rotatable bonds is 6. The zero-order chi connectivity index (χ0) is 21.0. The molecule has 0 spiro atoms. The van der Waals surface area contributed by atoms with Crippen LogP contribution in [0, 0.1) is 0 Å². The van der Waals surface area contributed by atoms with Crippen molar-refractivity contribution in [3.05, 3.63) is 24.3 Å². The molecule has 162 valence electrons. The number of amides is 1. The van der Waals surface area contributed by atoms with Crippen molar-refractivity contribution in [2.24, 2.45) is 0 Å². The Bertz CT molecular complexity index is 798. The quantitative estimate of drug-likeness (QED) is 0.761. The molecule has 2 aliphatic rings. The van der Waals surface area contributed by atoms with Gasteiger partial charge < -0.3 is 10.2 Å². The summed E-state index contributed by atoms with van der Waals surface area (Å²) in [5.74, 6) is -0.0965. The highest BCUT2D eigenvalue weighted by Gasteiger charge is 2.28. The Balaban J connectivity index is 1.63. The van der Waals surface area contributed by atoms with Crippen LogP contribution in [0.5, 0.6) is 0 Å². The highest BCUT2D eigenvalue weighted by Crippen LogP contribution is 2.23. The van der Waals surface area contributed by atoms with Crippen LogP contribution < -0.4 is 5.32 Å². The van der Waals surface area contributed by atoms with Crippen LogP contribution >= 0.6 is 0 Å². The van der Waals surface area contributed by atoms with Crippen molar-refractivity contribution in [3.63, 3.8) is 0 Å². The number of nitrogens with one attached hydrogen (secondary N) is 1. The first-order valence-electron chi connectivity index (χ1n) is 10.6. The molecule has 0 aromatic heterocycles. The van der Waals surface area contributed by atoms with Gasteiger partial charge in [-0.05, 0) is 64.9 Å². The Morgan fingerprint density at radius 3 is 2.38 bits per heavy atom. The number of carbonyl (C=O) groups is 1. The van der Waals surface area contributed by atoms with Crippen LogP contribution in [0.4, 0.5) is 5.69 Å². The molecule has 1 aromatic carbocycles. The van der Waals surface area contributed by atoms with Gasteiger partial charge in [0.15, 0.2) is 0 Å². The first-order chi connectivity index (χ1) is 13.8. The molecule has 8 heteroatoms. The number of sulfonamides is 1. The van der Waals surface area contributed by atoms with Gasteiger partial charge in [-0.3, -0.25) is 9.69 Å². The lowest BCUT2D eigenvalue weighted by Crippen LogP contribution is -2.49. The van der Waals surface area contributed by atoms with Crippen LogP contribution in [0.25, 0.3) is 0 Å². The van der Waals surface area contributed by atoms with Gasteiger partial charge in [0, 0.05) is 37.9 Å². The van der Waals surface area contributed by atoms with Crippen LogP contribution in [0.1, 0.15) is 39.0 Å². The third-order valence-corrected chi connectivity index (χ3v) is 8.11.